The molecule has 2 aromatic rings. The summed E-state index contributed by atoms with van der Waals surface area (Å²) in [4.78, 5) is 2.27. The Hall–Kier alpha value is -1.25. The van der Waals surface area contributed by atoms with Crippen molar-refractivity contribution in [1.29, 1.82) is 0 Å². The van der Waals surface area contributed by atoms with Gasteiger partial charge in [0.25, 0.3) is 0 Å². The van der Waals surface area contributed by atoms with Crippen molar-refractivity contribution in [3.8, 4) is 0 Å². The van der Waals surface area contributed by atoms with Gasteiger partial charge in [0, 0.05) is 12.3 Å². The Morgan fingerprint density at radius 2 is 1.43 bits per heavy atom. The molecule has 2 heteroatoms. The van der Waals surface area contributed by atoms with E-state index in [0.717, 1.165) is 19.4 Å². The molecular formula is C19H23NS. The first kappa shape index (κ1) is 14.7. The minimum absolute atomic E-state index is 0.486. The zero-order chi connectivity index (χ0) is 14.7. The highest BCUT2D eigenvalue weighted by Crippen LogP contribution is 2.41. The third kappa shape index (κ3) is 3.33. The summed E-state index contributed by atoms with van der Waals surface area (Å²) in [6.07, 6.45) is 2.33. The first-order valence-corrected chi connectivity index (χ1v) is 8.72. The molecule has 1 aliphatic carbocycles. The van der Waals surface area contributed by atoms with Crippen molar-refractivity contribution < 1.29 is 0 Å². The largest absolute Gasteiger partial charge is 0.309 e. The van der Waals surface area contributed by atoms with Crippen LogP contribution >= 0.6 is 11.8 Å². The lowest BCUT2D eigenvalue weighted by atomic mass is 10.00. The van der Waals surface area contributed by atoms with Crippen LogP contribution in [0.4, 0.5) is 0 Å². The van der Waals surface area contributed by atoms with Crippen molar-refractivity contribution in [3.05, 3.63) is 70.8 Å². The molecule has 110 valence electrons. The topological polar surface area (TPSA) is 3.24 Å². The Labute approximate surface area is 132 Å². The average Bonchev–Trinajstić information content (AvgIpc) is 2.65. The highest BCUT2D eigenvalue weighted by molar-refractivity contribution is 7.99. The molecular weight excluding hydrogens is 274 g/mol. The number of rotatable bonds is 4. The minimum Gasteiger partial charge on any atom is -0.309 e. The van der Waals surface area contributed by atoms with Crippen molar-refractivity contribution in [2.75, 3.05) is 26.4 Å². The Morgan fingerprint density at radius 3 is 1.95 bits per heavy atom. The van der Waals surface area contributed by atoms with E-state index in [1.807, 2.05) is 0 Å². The maximum absolute atomic E-state index is 2.32. The van der Waals surface area contributed by atoms with Gasteiger partial charge in [-0.1, -0.05) is 48.5 Å². The molecule has 0 unspecified atom stereocenters. The van der Waals surface area contributed by atoms with Crippen LogP contribution in [0.15, 0.2) is 48.5 Å². The summed E-state index contributed by atoms with van der Waals surface area (Å²) in [5.41, 5.74) is 6.09. The molecule has 0 fully saturated rings. The standard InChI is InChI=1S/C19H23NS/c1-20(2)13-14-21-19-17-9-5-3-7-15(17)11-12-16-8-4-6-10-18(16)19/h3-10,19H,11-14H2,1-2H3. The molecule has 0 atom stereocenters. The molecule has 0 heterocycles. The SMILES string of the molecule is CN(C)CCSC1c2ccccc2CCc2ccccc21. The molecule has 0 saturated carbocycles. The van der Waals surface area contributed by atoms with Gasteiger partial charge < -0.3 is 4.90 Å². The second kappa shape index (κ2) is 6.67. The number of fused-ring (bicyclic) bond motifs is 2. The van der Waals surface area contributed by atoms with Gasteiger partial charge in [0.15, 0.2) is 0 Å². The van der Waals surface area contributed by atoms with Crippen LogP contribution in [0.3, 0.4) is 0 Å². The first-order chi connectivity index (χ1) is 10.3. The van der Waals surface area contributed by atoms with Crippen LogP contribution in [0.5, 0.6) is 0 Å². The van der Waals surface area contributed by atoms with Gasteiger partial charge in [-0.25, -0.2) is 0 Å². The van der Waals surface area contributed by atoms with Gasteiger partial charge in [0.1, 0.15) is 0 Å². The first-order valence-electron chi connectivity index (χ1n) is 7.67. The fourth-order valence-electron chi connectivity index (χ4n) is 3.00. The minimum atomic E-state index is 0.486. The van der Waals surface area contributed by atoms with E-state index in [1.54, 1.807) is 0 Å². The van der Waals surface area contributed by atoms with E-state index in [0.29, 0.717) is 5.25 Å². The van der Waals surface area contributed by atoms with Crippen molar-refractivity contribution >= 4 is 11.8 Å². The lowest BCUT2D eigenvalue weighted by molar-refractivity contribution is 0.437. The molecule has 3 rings (SSSR count). The summed E-state index contributed by atoms with van der Waals surface area (Å²) >= 11 is 2.08. The van der Waals surface area contributed by atoms with Crippen LogP contribution in [-0.4, -0.2) is 31.3 Å². The van der Waals surface area contributed by atoms with Crippen LogP contribution in [0, 0.1) is 0 Å². The van der Waals surface area contributed by atoms with Gasteiger partial charge in [-0.15, -0.1) is 11.8 Å². The lowest BCUT2D eigenvalue weighted by Gasteiger charge is -2.21. The number of nitrogens with zero attached hydrogens (tertiary/aromatic N) is 1. The highest BCUT2D eigenvalue weighted by atomic mass is 32.2. The van der Waals surface area contributed by atoms with Gasteiger partial charge in [0.05, 0.1) is 5.25 Å². The predicted molar refractivity (Wildman–Crippen MR) is 93.1 cm³/mol. The van der Waals surface area contributed by atoms with Gasteiger partial charge in [-0.05, 0) is 49.2 Å². The fourth-order valence-corrected chi connectivity index (χ4v) is 4.53. The van der Waals surface area contributed by atoms with E-state index < -0.39 is 0 Å². The highest BCUT2D eigenvalue weighted by Gasteiger charge is 2.23. The Morgan fingerprint density at radius 1 is 0.905 bits per heavy atom. The fraction of sp³-hybridized carbons (Fsp3) is 0.368. The number of hydrogen-bond acceptors (Lipinski definition) is 2. The molecule has 0 amide bonds. The zero-order valence-electron chi connectivity index (χ0n) is 12.9. The number of hydrogen-bond donors (Lipinski definition) is 0. The van der Waals surface area contributed by atoms with Crippen molar-refractivity contribution in [3.63, 3.8) is 0 Å². The summed E-state index contributed by atoms with van der Waals surface area (Å²) in [6, 6.07) is 18.0. The Bertz CT molecular complexity index is 559. The second-order valence-electron chi connectivity index (χ2n) is 5.95. The Balaban J connectivity index is 1.95. The molecule has 1 aliphatic rings. The lowest BCUT2D eigenvalue weighted by Crippen LogP contribution is -2.15. The van der Waals surface area contributed by atoms with E-state index >= 15 is 0 Å². The zero-order valence-corrected chi connectivity index (χ0v) is 13.7. The molecule has 0 saturated heterocycles. The molecule has 21 heavy (non-hydrogen) atoms. The molecule has 0 aliphatic heterocycles. The van der Waals surface area contributed by atoms with Crippen LogP contribution in [0.25, 0.3) is 0 Å². The number of aryl methyl sites for hydroxylation is 2. The van der Waals surface area contributed by atoms with Gasteiger partial charge >= 0.3 is 0 Å². The molecule has 0 N–H and O–H groups in total. The Kier molecular flexibility index (Phi) is 4.67. The molecule has 0 spiro atoms. The van der Waals surface area contributed by atoms with Crippen molar-refractivity contribution in [1.82, 2.24) is 4.90 Å². The smallest absolute Gasteiger partial charge is 0.0552 e. The maximum atomic E-state index is 2.32. The molecule has 0 aromatic heterocycles. The second-order valence-corrected chi connectivity index (χ2v) is 7.16. The quantitative estimate of drug-likeness (QED) is 0.833. The van der Waals surface area contributed by atoms with E-state index in [-0.39, 0.29) is 0 Å². The third-order valence-electron chi connectivity index (χ3n) is 4.16. The summed E-state index contributed by atoms with van der Waals surface area (Å²) in [6.45, 7) is 1.13. The van der Waals surface area contributed by atoms with Gasteiger partial charge in [-0.3, -0.25) is 0 Å². The van der Waals surface area contributed by atoms with E-state index in [9.17, 15) is 0 Å². The third-order valence-corrected chi connectivity index (χ3v) is 5.42. The van der Waals surface area contributed by atoms with Crippen molar-refractivity contribution in [2.45, 2.75) is 18.1 Å². The number of thioether (sulfide) groups is 1. The molecule has 2 aromatic carbocycles. The van der Waals surface area contributed by atoms with E-state index in [1.165, 1.54) is 28.0 Å². The molecule has 1 nitrogen and oxygen atoms in total. The normalized spacial score (nSPS) is 14.6. The van der Waals surface area contributed by atoms with Gasteiger partial charge in [-0.2, -0.15) is 0 Å². The van der Waals surface area contributed by atoms with Crippen LogP contribution in [-0.2, 0) is 12.8 Å². The maximum Gasteiger partial charge on any atom is 0.0552 e. The summed E-state index contributed by atoms with van der Waals surface area (Å²) < 4.78 is 0. The monoisotopic (exact) mass is 297 g/mol. The summed E-state index contributed by atoms with van der Waals surface area (Å²) in [7, 11) is 4.30. The average molecular weight is 297 g/mol. The molecule has 0 radical (unpaired) electrons. The molecule has 0 bridgehead atoms. The number of benzene rings is 2. The summed E-state index contributed by atoms with van der Waals surface area (Å²) in [5, 5.41) is 0.486. The van der Waals surface area contributed by atoms with E-state index in [2.05, 4.69) is 79.3 Å². The summed E-state index contributed by atoms with van der Waals surface area (Å²) in [5.74, 6) is 1.17. The van der Waals surface area contributed by atoms with Crippen molar-refractivity contribution in [2.24, 2.45) is 0 Å². The van der Waals surface area contributed by atoms with Crippen LogP contribution in [0.2, 0.25) is 0 Å². The van der Waals surface area contributed by atoms with Gasteiger partial charge in [0.2, 0.25) is 0 Å². The van der Waals surface area contributed by atoms with Crippen LogP contribution < -0.4 is 0 Å². The van der Waals surface area contributed by atoms with Crippen LogP contribution in [0.1, 0.15) is 27.5 Å². The van der Waals surface area contributed by atoms with E-state index in [4.69, 9.17) is 0 Å². The predicted octanol–water partition coefficient (Wildman–Crippen LogP) is 4.17.